The van der Waals surface area contributed by atoms with Crippen molar-refractivity contribution in [3.05, 3.63) is 0 Å². The third kappa shape index (κ3) is 10.7. The minimum atomic E-state index is -3.64. The van der Waals surface area contributed by atoms with Gasteiger partial charge in [0, 0.05) is 6.54 Å². The molecule has 1 aliphatic rings. The van der Waals surface area contributed by atoms with Crippen LogP contribution in [-0.2, 0) is 33.4 Å². The second-order valence-electron chi connectivity index (χ2n) is 11.6. The van der Waals surface area contributed by atoms with Crippen molar-refractivity contribution in [3.8, 4) is 0 Å². The van der Waals surface area contributed by atoms with E-state index in [1.165, 1.54) is 4.90 Å². The van der Waals surface area contributed by atoms with E-state index in [0.29, 0.717) is 25.8 Å². The van der Waals surface area contributed by atoms with Crippen LogP contribution in [0.3, 0.4) is 0 Å². The minimum Gasteiger partial charge on any atom is -0.458 e. The van der Waals surface area contributed by atoms with Gasteiger partial charge in [-0.15, -0.1) is 0 Å². The van der Waals surface area contributed by atoms with Gasteiger partial charge in [0.15, 0.2) is 0 Å². The summed E-state index contributed by atoms with van der Waals surface area (Å²) in [6, 6.07) is -0.896. The maximum Gasteiger partial charge on any atom is 0.411 e. The van der Waals surface area contributed by atoms with E-state index in [4.69, 9.17) is 13.7 Å². The van der Waals surface area contributed by atoms with Gasteiger partial charge in [-0.2, -0.15) is 8.42 Å². The molecule has 0 bridgehead atoms. The zero-order valence-corrected chi connectivity index (χ0v) is 23.5. The van der Waals surface area contributed by atoms with E-state index < -0.39 is 50.9 Å². The first-order valence-corrected chi connectivity index (χ1v) is 14.0. The first kappa shape index (κ1) is 31.2. The van der Waals surface area contributed by atoms with Gasteiger partial charge in [-0.05, 0) is 79.6 Å². The van der Waals surface area contributed by atoms with Gasteiger partial charge >= 0.3 is 12.1 Å². The van der Waals surface area contributed by atoms with Gasteiger partial charge in [0.25, 0.3) is 10.1 Å². The molecule has 0 aromatic rings. The molecular formula is C24H44N2O8S. The second-order valence-corrected chi connectivity index (χ2v) is 13.2. The monoisotopic (exact) mass is 520 g/mol. The van der Waals surface area contributed by atoms with Crippen molar-refractivity contribution >= 4 is 28.1 Å². The number of amides is 2. The van der Waals surface area contributed by atoms with Crippen LogP contribution < -0.4 is 5.32 Å². The Morgan fingerprint density at radius 3 is 2.09 bits per heavy atom. The summed E-state index contributed by atoms with van der Waals surface area (Å²) in [5.41, 5.74) is -2.80. The number of rotatable bonds is 10. The van der Waals surface area contributed by atoms with E-state index in [1.54, 1.807) is 41.5 Å². The summed E-state index contributed by atoms with van der Waals surface area (Å²) in [7, 11) is -3.64. The Bertz CT molecular complexity index is 858. The molecule has 1 saturated heterocycles. The lowest BCUT2D eigenvalue weighted by Crippen LogP contribution is -2.61. The summed E-state index contributed by atoms with van der Waals surface area (Å²) in [5, 5.41) is 2.84. The first-order valence-electron chi connectivity index (χ1n) is 12.1. The Morgan fingerprint density at radius 2 is 1.60 bits per heavy atom. The van der Waals surface area contributed by atoms with Crippen LogP contribution >= 0.6 is 0 Å². The molecule has 0 unspecified atom stereocenters. The van der Waals surface area contributed by atoms with Crippen molar-refractivity contribution in [2.45, 2.75) is 110 Å². The van der Waals surface area contributed by atoms with E-state index in [0.717, 1.165) is 6.26 Å². The summed E-state index contributed by atoms with van der Waals surface area (Å²) in [5.74, 6) is -0.939. The number of likely N-dealkylation sites (tertiary alicyclic amines) is 1. The summed E-state index contributed by atoms with van der Waals surface area (Å²) in [6.07, 6.45) is 1.94. The molecule has 0 aromatic carbocycles. The molecule has 2 atom stereocenters. The van der Waals surface area contributed by atoms with Crippen molar-refractivity contribution in [2.24, 2.45) is 5.92 Å². The number of hydrogen-bond donors (Lipinski definition) is 1. The lowest BCUT2D eigenvalue weighted by Gasteiger charge is -2.39. The van der Waals surface area contributed by atoms with Gasteiger partial charge in [-0.3, -0.25) is 13.9 Å². The lowest BCUT2D eigenvalue weighted by molar-refractivity contribution is -0.160. The highest BCUT2D eigenvalue weighted by Gasteiger charge is 2.51. The number of nitrogens with zero attached hydrogens (tertiary/aromatic N) is 1. The molecule has 0 aromatic heterocycles. The van der Waals surface area contributed by atoms with Gasteiger partial charge < -0.3 is 14.8 Å². The van der Waals surface area contributed by atoms with Crippen LogP contribution in [0.15, 0.2) is 0 Å². The molecule has 2 amide bonds. The Hall–Kier alpha value is -1.88. The lowest BCUT2D eigenvalue weighted by atomic mass is 9.88. The van der Waals surface area contributed by atoms with E-state index in [1.807, 2.05) is 13.8 Å². The number of carbonyl (C=O) groups is 3. The molecule has 0 radical (unpaired) electrons. The van der Waals surface area contributed by atoms with Gasteiger partial charge in [0.1, 0.15) is 22.8 Å². The number of carbonyl (C=O) groups excluding carboxylic acids is 3. The van der Waals surface area contributed by atoms with Crippen molar-refractivity contribution in [3.63, 3.8) is 0 Å². The van der Waals surface area contributed by atoms with Crippen molar-refractivity contribution in [2.75, 3.05) is 19.4 Å². The summed E-state index contributed by atoms with van der Waals surface area (Å²) < 4.78 is 38.7. The predicted octanol–water partition coefficient (Wildman–Crippen LogP) is 3.39. The SMILES string of the molecule is CC(C)C[C@H](NC(=O)[C@]1(CCCOS(C)(=O)=O)CCCN1C(=O)OC(C)(C)C)C(=O)OC(C)(C)C. The van der Waals surface area contributed by atoms with E-state index >= 15 is 0 Å². The third-order valence-corrected chi connectivity index (χ3v) is 5.86. The van der Waals surface area contributed by atoms with E-state index in [2.05, 4.69) is 5.32 Å². The van der Waals surface area contributed by atoms with Crippen LogP contribution in [0.1, 0.15) is 87.5 Å². The first-order chi connectivity index (χ1) is 15.8. The van der Waals surface area contributed by atoms with Gasteiger partial charge in [0.2, 0.25) is 5.91 Å². The van der Waals surface area contributed by atoms with Crippen LogP contribution in [0.25, 0.3) is 0 Å². The Kier molecular flexibility index (Phi) is 10.6. The molecule has 204 valence electrons. The van der Waals surface area contributed by atoms with Crippen LogP contribution in [-0.4, -0.2) is 73.5 Å². The maximum absolute atomic E-state index is 13.8. The van der Waals surface area contributed by atoms with Gasteiger partial charge in [0.05, 0.1) is 12.9 Å². The zero-order chi connectivity index (χ0) is 27.2. The predicted molar refractivity (Wildman–Crippen MR) is 132 cm³/mol. The fraction of sp³-hybridized carbons (Fsp3) is 0.875. The molecule has 1 fully saturated rings. The number of ether oxygens (including phenoxy) is 2. The van der Waals surface area contributed by atoms with Crippen LogP contribution in [0.5, 0.6) is 0 Å². The normalized spacial score (nSPS) is 20.0. The Labute approximate surface area is 210 Å². The van der Waals surface area contributed by atoms with Crippen molar-refractivity contribution in [1.82, 2.24) is 10.2 Å². The van der Waals surface area contributed by atoms with Gasteiger partial charge in [-0.1, -0.05) is 13.8 Å². The summed E-state index contributed by atoms with van der Waals surface area (Å²) in [6.45, 7) is 14.5. The summed E-state index contributed by atoms with van der Waals surface area (Å²) >= 11 is 0. The molecule has 1 aliphatic heterocycles. The third-order valence-electron chi connectivity index (χ3n) is 5.26. The fourth-order valence-electron chi connectivity index (χ4n) is 4.00. The molecule has 1 rings (SSSR count). The van der Waals surface area contributed by atoms with Crippen LogP contribution in [0.2, 0.25) is 0 Å². The maximum atomic E-state index is 13.8. The van der Waals surface area contributed by atoms with E-state index in [-0.39, 0.29) is 25.4 Å². The molecule has 0 saturated carbocycles. The Balaban J connectivity index is 3.25. The van der Waals surface area contributed by atoms with E-state index in [9.17, 15) is 22.8 Å². The van der Waals surface area contributed by atoms with Gasteiger partial charge in [-0.25, -0.2) is 9.59 Å². The second kappa shape index (κ2) is 11.9. The van der Waals surface area contributed by atoms with Crippen molar-refractivity contribution < 1.29 is 36.5 Å². The molecule has 11 heteroatoms. The quantitative estimate of drug-likeness (QED) is 0.264. The molecular weight excluding hydrogens is 476 g/mol. The zero-order valence-electron chi connectivity index (χ0n) is 22.7. The highest BCUT2D eigenvalue weighted by Crippen LogP contribution is 2.36. The average molecular weight is 521 g/mol. The molecule has 1 N–H and O–H groups in total. The minimum absolute atomic E-state index is 0.0949. The Morgan fingerprint density at radius 1 is 1.03 bits per heavy atom. The number of esters is 1. The highest BCUT2D eigenvalue weighted by molar-refractivity contribution is 7.85. The smallest absolute Gasteiger partial charge is 0.411 e. The van der Waals surface area contributed by atoms with Crippen LogP contribution in [0.4, 0.5) is 4.79 Å². The molecule has 0 spiro atoms. The van der Waals surface area contributed by atoms with Crippen molar-refractivity contribution in [1.29, 1.82) is 0 Å². The number of hydrogen-bond acceptors (Lipinski definition) is 8. The molecule has 0 aliphatic carbocycles. The summed E-state index contributed by atoms with van der Waals surface area (Å²) in [4.78, 5) is 41.1. The standard InChI is InChI=1S/C24H44N2O8S/c1-17(2)16-18(19(27)33-22(3,4)5)25-20(28)24(13-11-15-32-35(9,30)31)12-10-14-26(24)21(29)34-23(6,7)8/h17-18H,10-16H2,1-9H3,(H,25,28)/t18-,24+/m0/s1. The molecule has 10 nitrogen and oxygen atoms in total. The average Bonchev–Trinajstić information content (AvgIpc) is 3.06. The highest BCUT2D eigenvalue weighted by atomic mass is 32.2. The topological polar surface area (TPSA) is 128 Å². The largest absolute Gasteiger partial charge is 0.458 e. The number of nitrogens with one attached hydrogen (secondary N) is 1. The fourth-order valence-corrected chi connectivity index (χ4v) is 4.42. The molecule has 35 heavy (non-hydrogen) atoms. The molecule has 1 heterocycles. The van der Waals surface area contributed by atoms with Crippen LogP contribution in [0, 0.1) is 5.92 Å².